The summed E-state index contributed by atoms with van der Waals surface area (Å²) in [5, 5.41) is 10.6. The highest BCUT2D eigenvalue weighted by molar-refractivity contribution is 7.89. The zero-order chi connectivity index (χ0) is 13.2. The normalized spacial score (nSPS) is 25.2. The van der Waals surface area contributed by atoms with Crippen LogP contribution in [0.3, 0.4) is 0 Å². The number of aliphatic hydroxyl groups is 1. The Labute approximate surface area is 112 Å². The minimum atomic E-state index is -3.42. The van der Waals surface area contributed by atoms with E-state index in [1.807, 2.05) is 0 Å². The summed E-state index contributed by atoms with van der Waals surface area (Å²) in [4.78, 5) is 0.946. The van der Waals surface area contributed by atoms with Gasteiger partial charge in [-0.1, -0.05) is 19.8 Å². The molecule has 6 heteroatoms. The van der Waals surface area contributed by atoms with Gasteiger partial charge in [0.1, 0.15) is 0 Å². The zero-order valence-electron chi connectivity index (χ0n) is 10.4. The second kappa shape index (κ2) is 5.69. The fraction of sp³-hybridized carbons (Fsp3) is 0.667. The molecule has 1 aromatic heterocycles. The van der Waals surface area contributed by atoms with E-state index in [4.69, 9.17) is 5.11 Å². The average Bonchev–Trinajstić information content (AvgIpc) is 2.77. The molecular weight excluding hydrogens is 270 g/mol. The summed E-state index contributed by atoms with van der Waals surface area (Å²) in [5.41, 5.74) is 0. The Kier molecular flexibility index (Phi) is 4.42. The van der Waals surface area contributed by atoms with Crippen LogP contribution >= 0.6 is 11.3 Å². The summed E-state index contributed by atoms with van der Waals surface area (Å²) in [7, 11) is -3.42. The summed E-state index contributed by atoms with van der Waals surface area (Å²) in [6, 6.07) is 1.59. The van der Waals surface area contributed by atoms with Gasteiger partial charge in [-0.05, 0) is 24.8 Å². The maximum absolute atomic E-state index is 12.2. The van der Waals surface area contributed by atoms with Gasteiger partial charge in [-0.15, -0.1) is 11.3 Å². The first-order valence-electron chi connectivity index (χ1n) is 6.22. The molecule has 0 saturated heterocycles. The number of aliphatic hydroxyl groups excluding tert-OH is 1. The van der Waals surface area contributed by atoms with Crippen molar-refractivity contribution in [2.75, 3.05) is 0 Å². The molecule has 18 heavy (non-hydrogen) atoms. The molecule has 2 rings (SSSR count). The number of sulfonamides is 1. The third-order valence-electron chi connectivity index (χ3n) is 3.35. The Morgan fingerprint density at radius 3 is 2.89 bits per heavy atom. The second-order valence-electron chi connectivity index (χ2n) is 5.00. The number of thiophene rings is 1. The molecule has 2 atom stereocenters. The minimum absolute atomic E-state index is 0.0521. The molecule has 1 aliphatic rings. The molecule has 2 N–H and O–H groups in total. The number of hydrogen-bond acceptors (Lipinski definition) is 4. The van der Waals surface area contributed by atoms with E-state index in [1.54, 1.807) is 11.4 Å². The lowest BCUT2D eigenvalue weighted by molar-refractivity contribution is 0.285. The van der Waals surface area contributed by atoms with Crippen molar-refractivity contribution in [1.82, 2.24) is 4.72 Å². The highest BCUT2D eigenvalue weighted by atomic mass is 32.2. The van der Waals surface area contributed by atoms with E-state index in [0.29, 0.717) is 10.8 Å². The highest BCUT2D eigenvalue weighted by Gasteiger charge is 2.25. The van der Waals surface area contributed by atoms with Gasteiger partial charge < -0.3 is 5.11 Å². The van der Waals surface area contributed by atoms with E-state index in [1.165, 1.54) is 17.8 Å². The summed E-state index contributed by atoms with van der Waals surface area (Å²) >= 11 is 1.27. The third kappa shape index (κ3) is 3.32. The predicted octanol–water partition coefficient (Wildman–Crippen LogP) is 2.10. The molecule has 2 unspecified atom stereocenters. The fourth-order valence-electron chi connectivity index (χ4n) is 2.41. The summed E-state index contributed by atoms with van der Waals surface area (Å²) in [5.74, 6) is 0.585. The molecule has 0 aromatic carbocycles. The number of rotatable bonds is 4. The van der Waals surface area contributed by atoms with E-state index >= 15 is 0 Å². The molecule has 1 heterocycles. The Morgan fingerprint density at radius 2 is 2.28 bits per heavy atom. The Hall–Kier alpha value is -0.430. The summed E-state index contributed by atoms with van der Waals surface area (Å²) in [6.07, 6.45) is 4.10. The molecule has 0 aliphatic heterocycles. The fourth-order valence-corrected chi connectivity index (χ4v) is 4.83. The zero-order valence-corrected chi connectivity index (χ0v) is 12.1. The van der Waals surface area contributed by atoms with Crippen LogP contribution in [0.2, 0.25) is 0 Å². The van der Waals surface area contributed by atoms with E-state index in [9.17, 15) is 8.42 Å². The highest BCUT2D eigenvalue weighted by Crippen LogP contribution is 2.26. The van der Waals surface area contributed by atoms with Crippen molar-refractivity contribution < 1.29 is 13.5 Å². The molecule has 1 fully saturated rings. The summed E-state index contributed by atoms with van der Waals surface area (Å²) < 4.78 is 27.1. The van der Waals surface area contributed by atoms with Gasteiger partial charge in [0.25, 0.3) is 0 Å². The molecule has 1 saturated carbocycles. The number of hydrogen-bond donors (Lipinski definition) is 2. The SMILES string of the molecule is CC1CCCC(NS(=O)(=O)c2csc(CO)c2)C1. The van der Waals surface area contributed by atoms with Crippen LogP contribution in [0.4, 0.5) is 0 Å². The maximum atomic E-state index is 12.2. The van der Waals surface area contributed by atoms with Gasteiger partial charge in [-0.2, -0.15) is 0 Å². The van der Waals surface area contributed by atoms with Crippen molar-refractivity contribution in [2.24, 2.45) is 5.92 Å². The first kappa shape index (κ1) is 14.0. The van der Waals surface area contributed by atoms with Crippen LogP contribution in [0.25, 0.3) is 0 Å². The molecule has 1 aromatic rings. The van der Waals surface area contributed by atoms with Crippen molar-refractivity contribution >= 4 is 21.4 Å². The van der Waals surface area contributed by atoms with Crippen LogP contribution in [-0.4, -0.2) is 19.6 Å². The summed E-state index contributed by atoms with van der Waals surface area (Å²) in [6.45, 7) is 2.05. The monoisotopic (exact) mass is 289 g/mol. The van der Waals surface area contributed by atoms with Gasteiger partial charge in [-0.25, -0.2) is 13.1 Å². The molecule has 0 bridgehead atoms. The lowest BCUT2D eigenvalue weighted by atomic mass is 9.88. The lowest BCUT2D eigenvalue weighted by Crippen LogP contribution is -2.37. The average molecular weight is 289 g/mol. The third-order valence-corrected chi connectivity index (χ3v) is 5.92. The van der Waals surface area contributed by atoms with Gasteiger partial charge in [-0.3, -0.25) is 0 Å². The van der Waals surface area contributed by atoms with E-state index in [0.717, 1.165) is 19.3 Å². The van der Waals surface area contributed by atoms with E-state index in [-0.39, 0.29) is 17.5 Å². The Morgan fingerprint density at radius 1 is 1.50 bits per heavy atom. The van der Waals surface area contributed by atoms with Crippen LogP contribution in [-0.2, 0) is 16.6 Å². The van der Waals surface area contributed by atoms with Gasteiger partial charge in [0.15, 0.2) is 0 Å². The van der Waals surface area contributed by atoms with E-state index in [2.05, 4.69) is 11.6 Å². The molecule has 0 amide bonds. The second-order valence-corrected chi connectivity index (χ2v) is 7.71. The van der Waals surface area contributed by atoms with Crippen molar-refractivity contribution in [1.29, 1.82) is 0 Å². The van der Waals surface area contributed by atoms with Gasteiger partial charge in [0.2, 0.25) is 10.0 Å². The molecule has 102 valence electrons. The molecule has 0 radical (unpaired) electrons. The smallest absolute Gasteiger partial charge is 0.241 e. The van der Waals surface area contributed by atoms with Gasteiger partial charge >= 0.3 is 0 Å². The van der Waals surface area contributed by atoms with E-state index < -0.39 is 10.0 Å². The molecule has 0 spiro atoms. The van der Waals surface area contributed by atoms with Crippen LogP contribution in [0.1, 0.15) is 37.5 Å². The molecule has 4 nitrogen and oxygen atoms in total. The van der Waals surface area contributed by atoms with Crippen LogP contribution in [0.15, 0.2) is 16.3 Å². The first-order chi connectivity index (χ1) is 8.51. The standard InChI is InChI=1S/C12H19NO3S2/c1-9-3-2-4-10(5-9)13-18(15,16)12-6-11(7-14)17-8-12/h6,8-10,13-14H,2-5,7H2,1H3. The van der Waals surface area contributed by atoms with Crippen molar-refractivity contribution in [3.63, 3.8) is 0 Å². The first-order valence-corrected chi connectivity index (χ1v) is 8.58. The molecular formula is C12H19NO3S2. The van der Waals surface area contributed by atoms with Crippen molar-refractivity contribution in [3.05, 3.63) is 16.3 Å². The molecule has 1 aliphatic carbocycles. The van der Waals surface area contributed by atoms with Crippen LogP contribution in [0.5, 0.6) is 0 Å². The minimum Gasteiger partial charge on any atom is -0.391 e. The van der Waals surface area contributed by atoms with Crippen molar-refractivity contribution in [2.45, 2.75) is 50.2 Å². The van der Waals surface area contributed by atoms with Crippen LogP contribution < -0.4 is 4.72 Å². The number of nitrogens with one attached hydrogen (secondary N) is 1. The van der Waals surface area contributed by atoms with Gasteiger partial charge in [0.05, 0.1) is 11.5 Å². The Bertz CT molecular complexity index is 495. The quantitative estimate of drug-likeness (QED) is 0.892. The largest absolute Gasteiger partial charge is 0.391 e. The van der Waals surface area contributed by atoms with Crippen molar-refractivity contribution in [3.8, 4) is 0 Å². The Balaban J connectivity index is 2.06. The van der Waals surface area contributed by atoms with Gasteiger partial charge in [0, 0.05) is 16.3 Å². The predicted molar refractivity (Wildman–Crippen MR) is 72.0 cm³/mol. The van der Waals surface area contributed by atoms with Crippen LogP contribution in [0, 0.1) is 5.92 Å². The maximum Gasteiger partial charge on any atom is 0.241 e. The lowest BCUT2D eigenvalue weighted by Gasteiger charge is -2.27. The topological polar surface area (TPSA) is 66.4 Å².